The monoisotopic (exact) mass is 396 g/mol. The van der Waals surface area contributed by atoms with Gasteiger partial charge in [-0.05, 0) is 32.1 Å². The van der Waals surface area contributed by atoms with Crippen molar-refractivity contribution in [1.29, 1.82) is 0 Å². The molecule has 0 spiro atoms. The van der Waals surface area contributed by atoms with E-state index in [1.807, 2.05) is 38.1 Å². The average molecular weight is 396 g/mol. The molecule has 1 amide bonds. The maximum Gasteiger partial charge on any atom is 0.295 e. The number of aliphatic hydroxyl groups excluding tert-OH is 1. The van der Waals surface area contributed by atoms with E-state index in [1.165, 1.54) is 11.0 Å². The molecule has 1 atom stereocenters. The maximum atomic E-state index is 14.6. The summed E-state index contributed by atoms with van der Waals surface area (Å²) in [7, 11) is 3.70. The highest BCUT2D eigenvalue weighted by Gasteiger charge is 2.46. The first-order valence-electron chi connectivity index (χ1n) is 9.62. The molecule has 1 heterocycles. The predicted molar refractivity (Wildman–Crippen MR) is 110 cm³/mol. The summed E-state index contributed by atoms with van der Waals surface area (Å²) in [5.74, 6) is -2.34. The molecule has 152 valence electrons. The average Bonchev–Trinajstić information content (AvgIpc) is 2.96. The van der Waals surface area contributed by atoms with Crippen molar-refractivity contribution in [2.24, 2.45) is 0 Å². The lowest BCUT2D eigenvalue weighted by Gasteiger charge is -2.26. The van der Waals surface area contributed by atoms with Crippen molar-refractivity contribution in [2.45, 2.75) is 19.4 Å². The molecule has 0 bridgehead atoms. The zero-order valence-corrected chi connectivity index (χ0v) is 16.9. The third-order valence-corrected chi connectivity index (χ3v) is 5.16. The topological polar surface area (TPSA) is 60.9 Å². The van der Waals surface area contributed by atoms with Crippen LogP contribution in [0.3, 0.4) is 0 Å². The molecule has 1 aliphatic rings. The minimum atomic E-state index is -0.970. The Morgan fingerprint density at radius 3 is 2.34 bits per heavy atom. The molecule has 2 aromatic carbocycles. The van der Waals surface area contributed by atoms with Crippen LogP contribution in [0.4, 0.5) is 4.39 Å². The number of nitrogens with zero attached hydrogens (tertiary/aromatic N) is 2. The Labute approximate surface area is 170 Å². The Hall–Kier alpha value is -2.99. The summed E-state index contributed by atoms with van der Waals surface area (Å²) >= 11 is 0. The van der Waals surface area contributed by atoms with Crippen LogP contribution in [0.15, 0.2) is 54.1 Å². The number of hydrogen-bond donors (Lipinski definition) is 1. The number of carbonyl (C=O) groups excluding carboxylic acids is 2. The van der Waals surface area contributed by atoms with Crippen LogP contribution in [0, 0.1) is 5.82 Å². The quantitative estimate of drug-likeness (QED) is 0.462. The number of rotatable bonds is 6. The second-order valence-electron chi connectivity index (χ2n) is 7.37. The molecule has 1 aliphatic heterocycles. The first-order valence-corrected chi connectivity index (χ1v) is 9.62. The number of likely N-dealkylation sites (N-methyl/N-ethyl adjacent to an activating group) is 1. The first kappa shape index (κ1) is 20.7. The second kappa shape index (κ2) is 8.57. The molecule has 0 saturated carbocycles. The summed E-state index contributed by atoms with van der Waals surface area (Å²) in [6.07, 6.45) is 0.838. The maximum absolute atomic E-state index is 14.6. The van der Waals surface area contributed by atoms with Gasteiger partial charge >= 0.3 is 0 Å². The molecular formula is C23H25FN2O3. The number of ketones is 1. The summed E-state index contributed by atoms with van der Waals surface area (Å²) < 4.78 is 14.6. The van der Waals surface area contributed by atoms with Crippen molar-refractivity contribution < 1.29 is 19.1 Å². The van der Waals surface area contributed by atoms with Crippen molar-refractivity contribution >= 4 is 17.4 Å². The highest BCUT2D eigenvalue weighted by atomic mass is 19.1. The van der Waals surface area contributed by atoms with E-state index in [9.17, 15) is 19.1 Å². The zero-order chi connectivity index (χ0) is 21.1. The van der Waals surface area contributed by atoms with E-state index >= 15 is 0 Å². The molecule has 1 N–H and O–H groups in total. The molecule has 1 unspecified atom stereocenters. The molecule has 2 aromatic rings. The third-order valence-electron chi connectivity index (χ3n) is 5.16. The lowest BCUT2D eigenvalue weighted by molar-refractivity contribution is -0.140. The van der Waals surface area contributed by atoms with Gasteiger partial charge in [0.05, 0.1) is 11.6 Å². The van der Waals surface area contributed by atoms with Gasteiger partial charge in [0, 0.05) is 24.2 Å². The van der Waals surface area contributed by atoms with E-state index in [0.29, 0.717) is 12.1 Å². The normalized spacial score (nSPS) is 18.7. The second-order valence-corrected chi connectivity index (χ2v) is 7.37. The van der Waals surface area contributed by atoms with Gasteiger partial charge in [-0.3, -0.25) is 9.59 Å². The van der Waals surface area contributed by atoms with Crippen LogP contribution < -0.4 is 0 Å². The Kier molecular flexibility index (Phi) is 6.13. The fourth-order valence-corrected chi connectivity index (χ4v) is 3.49. The van der Waals surface area contributed by atoms with Crippen molar-refractivity contribution in [2.75, 3.05) is 27.2 Å². The molecule has 1 saturated heterocycles. The number of Topliss-reactive ketones (excluding diaryl/α,β-unsaturated/α-hetero) is 1. The molecule has 6 heteroatoms. The lowest BCUT2D eigenvalue weighted by Crippen LogP contribution is -2.35. The number of likely N-dealkylation sites (tertiary alicyclic amines) is 1. The minimum absolute atomic E-state index is 0.0805. The SMILES string of the molecule is CCc1ccc(/C(O)=C2/C(=O)C(=O)N(CCN(C)C)C2c2ccccc2F)cc1. The Balaban J connectivity index is 2.14. The highest BCUT2D eigenvalue weighted by Crippen LogP contribution is 2.40. The van der Waals surface area contributed by atoms with Crippen LogP contribution in [-0.2, 0) is 16.0 Å². The van der Waals surface area contributed by atoms with E-state index in [1.54, 1.807) is 30.3 Å². The summed E-state index contributed by atoms with van der Waals surface area (Å²) in [6.45, 7) is 2.76. The van der Waals surface area contributed by atoms with Gasteiger partial charge in [-0.2, -0.15) is 0 Å². The Bertz CT molecular complexity index is 951. The van der Waals surface area contributed by atoms with Crippen LogP contribution in [0.2, 0.25) is 0 Å². The summed E-state index contributed by atoms with van der Waals surface area (Å²) in [5, 5.41) is 10.9. The van der Waals surface area contributed by atoms with Crippen molar-refractivity contribution in [3.63, 3.8) is 0 Å². The smallest absolute Gasteiger partial charge is 0.295 e. The molecule has 0 radical (unpaired) electrons. The molecule has 3 rings (SSSR count). The molecular weight excluding hydrogens is 371 g/mol. The van der Waals surface area contributed by atoms with Crippen LogP contribution in [0.25, 0.3) is 5.76 Å². The van der Waals surface area contributed by atoms with E-state index in [0.717, 1.165) is 12.0 Å². The molecule has 0 aromatic heterocycles. The highest BCUT2D eigenvalue weighted by molar-refractivity contribution is 6.46. The van der Waals surface area contributed by atoms with Gasteiger partial charge < -0.3 is 14.9 Å². The predicted octanol–water partition coefficient (Wildman–Crippen LogP) is 3.37. The van der Waals surface area contributed by atoms with E-state index < -0.39 is 23.5 Å². The summed E-state index contributed by atoms with van der Waals surface area (Å²) in [5.41, 5.74) is 1.62. The number of amides is 1. The van der Waals surface area contributed by atoms with Crippen molar-refractivity contribution in [3.05, 3.63) is 76.6 Å². The van der Waals surface area contributed by atoms with E-state index in [4.69, 9.17) is 0 Å². The zero-order valence-electron chi connectivity index (χ0n) is 16.9. The van der Waals surface area contributed by atoms with Gasteiger partial charge in [-0.15, -0.1) is 0 Å². The number of aliphatic hydroxyl groups is 1. The van der Waals surface area contributed by atoms with Gasteiger partial charge in [-0.1, -0.05) is 49.4 Å². The molecule has 29 heavy (non-hydrogen) atoms. The first-order chi connectivity index (χ1) is 13.8. The largest absolute Gasteiger partial charge is 0.507 e. The van der Waals surface area contributed by atoms with Crippen LogP contribution in [-0.4, -0.2) is 53.8 Å². The molecule has 5 nitrogen and oxygen atoms in total. The summed E-state index contributed by atoms with van der Waals surface area (Å²) in [6, 6.07) is 12.2. The summed E-state index contributed by atoms with van der Waals surface area (Å²) in [4.78, 5) is 28.8. The van der Waals surface area contributed by atoms with Crippen molar-refractivity contribution in [3.8, 4) is 0 Å². The van der Waals surface area contributed by atoms with Crippen molar-refractivity contribution in [1.82, 2.24) is 9.80 Å². The number of benzene rings is 2. The van der Waals surface area contributed by atoms with E-state index in [2.05, 4.69) is 0 Å². The van der Waals surface area contributed by atoms with Crippen LogP contribution in [0.1, 0.15) is 29.7 Å². The fraction of sp³-hybridized carbons (Fsp3) is 0.304. The minimum Gasteiger partial charge on any atom is -0.507 e. The van der Waals surface area contributed by atoms with Crippen LogP contribution in [0.5, 0.6) is 0 Å². The Morgan fingerprint density at radius 1 is 1.10 bits per heavy atom. The van der Waals surface area contributed by atoms with Crippen LogP contribution >= 0.6 is 0 Å². The van der Waals surface area contributed by atoms with Gasteiger partial charge in [0.1, 0.15) is 11.6 Å². The number of aryl methyl sites for hydroxylation is 1. The third kappa shape index (κ3) is 4.07. The van der Waals surface area contributed by atoms with Gasteiger partial charge in [0.15, 0.2) is 0 Å². The number of halogens is 1. The number of hydrogen-bond acceptors (Lipinski definition) is 4. The van der Waals surface area contributed by atoms with Gasteiger partial charge in [0.25, 0.3) is 11.7 Å². The van der Waals surface area contributed by atoms with E-state index in [-0.39, 0.29) is 23.4 Å². The number of carbonyl (C=O) groups is 2. The van der Waals surface area contributed by atoms with Gasteiger partial charge in [0.2, 0.25) is 0 Å². The fourth-order valence-electron chi connectivity index (χ4n) is 3.49. The molecule has 0 aliphatic carbocycles. The van der Waals surface area contributed by atoms with Gasteiger partial charge in [-0.25, -0.2) is 4.39 Å². The molecule has 1 fully saturated rings. The Morgan fingerprint density at radius 2 is 1.76 bits per heavy atom. The standard InChI is InChI=1S/C23H25FN2O3/c1-4-15-9-11-16(12-10-15)21(27)19-20(17-7-5-6-8-18(17)24)26(14-13-25(2)3)23(29)22(19)28/h5-12,20,27H,4,13-14H2,1-3H3/b21-19-. The lowest BCUT2D eigenvalue weighted by atomic mass is 9.94.